The minimum Gasteiger partial charge on any atom is -0.466 e. The molecule has 3 nitrogen and oxygen atoms in total. The van der Waals surface area contributed by atoms with E-state index in [0.29, 0.717) is 13.0 Å². The fourth-order valence-corrected chi connectivity index (χ4v) is 0.970. The molecule has 0 aliphatic carbocycles. The third-order valence-electron chi connectivity index (χ3n) is 1.57. The van der Waals surface area contributed by atoms with E-state index in [1.165, 1.54) is 0 Å². The van der Waals surface area contributed by atoms with Crippen molar-refractivity contribution in [2.24, 2.45) is 0 Å². The van der Waals surface area contributed by atoms with Crippen molar-refractivity contribution < 1.29 is 9.53 Å². The van der Waals surface area contributed by atoms with E-state index in [-0.39, 0.29) is 5.97 Å². The van der Waals surface area contributed by atoms with Crippen molar-refractivity contribution in [2.45, 2.75) is 13.3 Å². The number of carbonyl (C=O) groups excluding carboxylic acids is 1. The predicted octanol–water partition coefficient (Wildman–Crippen LogP) is 2.05. The van der Waals surface area contributed by atoms with Crippen molar-refractivity contribution in [3.8, 4) is 0 Å². The van der Waals surface area contributed by atoms with Crippen LogP contribution >= 0.6 is 0 Å². The summed E-state index contributed by atoms with van der Waals surface area (Å²) < 4.78 is 4.77. The van der Waals surface area contributed by atoms with Crippen molar-refractivity contribution in [3.63, 3.8) is 0 Å². The summed E-state index contributed by atoms with van der Waals surface area (Å²) in [6.07, 6.45) is 5.56. The van der Waals surface area contributed by atoms with E-state index in [9.17, 15) is 4.79 Å². The smallest absolute Gasteiger partial charge is 0.309 e. The Morgan fingerprint density at radius 1 is 1.57 bits per heavy atom. The maximum Gasteiger partial charge on any atom is 0.309 e. The summed E-state index contributed by atoms with van der Waals surface area (Å²) in [6, 6.07) is 5.63. The van der Waals surface area contributed by atoms with Crippen LogP contribution < -0.4 is 0 Å². The second kappa shape index (κ2) is 5.91. The van der Waals surface area contributed by atoms with Crippen LogP contribution in [0.15, 0.2) is 30.5 Å². The highest BCUT2D eigenvalue weighted by Crippen LogP contribution is 1.98. The van der Waals surface area contributed by atoms with Gasteiger partial charge in [-0.2, -0.15) is 0 Å². The summed E-state index contributed by atoms with van der Waals surface area (Å²) >= 11 is 0. The molecule has 0 saturated heterocycles. The molecule has 3 heteroatoms. The Kier molecular flexibility index (Phi) is 4.41. The second-order valence-electron chi connectivity index (χ2n) is 2.67. The first-order valence-corrected chi connectivity index (χ1v) is 4.56. The van der Waals surface area contributed by atoms with Crippen molar-refractivity contribution in [1.29, 1.82) is 0 Å². The second-order valence-corrected chi connectivity index (χ2v) is 2.67. The average Bonchev–Trinajstić information content (AvgIpc) is 2.20. The van der Waals surface area contributed by atoms with Gasteiger partial charge in [0.2, 0.25) is 0 Å². The third kappa shape index (κ3) is 3.85. The molecule has 0 unspecified atom stereocenters. The Labute approximate surface area is 83.4 Å². The van der Waals surface area contributed by atoms with Crippen LogP contribution in [0.2, 0.25) is 0 Å². The molecule has 0 amide bonds. The van der Waals surface area contributed by atoms with Gasteiger partial charge in [-0.1, -0.05) is 12.1 Å². The van der Waals surface area contributed by atoms with E-state index in [1.54, 1.807) is 25.3 Å². The highest BCUT2D eigenvalue weighted by molar-refractivity contribution is 5.72. The molecule has 14 heavy (non-hydrogen) atoms. The van der Waals surface area contributed by atoms with Gasteiger partial charge in [0.05, 0.1) is 18.7 Å². The Bertz CT molecular complexity index is 306. The van der Waals surface area contributed by atoms with Crippen molar-refractivity contribution in [1.82, 2.24) is 4.98 Å². The zero-order valence-electron chi connectivity index (χ0n) is 8.14. The summed E-state index contributed by atoms with van der Waals surface area (Å²) in [7, 11) is 0. The molecule has 0 bridgehead atoms. The van der Waals surface area contributed by atoms with Gasteiger partial charge in [0.1, 0.15) is 0 Å². The maximum atomic E-state index is 10.9. The normalized spacial score (nSPS) is 10.4. The Hall–Kier alpha value is -1.64. The van der Waals surface area contributed by atoms with Crippen molar-refractivity contribution >= 4 is 12.0 Å². The molecule has 0 saturated carbocycles. The van der Waals surface area contributed by atoms with Crippen LogP contribution in [0.1, 0.15) is 19.0 Å². The first-order chi connectivity index (χ1) is 6.83. The fraction of sp³-hybridized carbons (Fsp3) is 0.273. The zero-order valence-corrected chi connectivity index (χ0v) is 8.14. The van der Waals surface area contributed by atoms with Gasteiger partial charge in [0.15, 0.2) is 0 Å². The molecule has 74 valence electrons. The molecule has 0 N–H and O–H groups in total. The number of rotatable bonds is 4. The average molecular weight is 191 g/mol. The molecule has 0 radical (unpaired) electrons. The van der Waals surface area contributed by atoms with Crippen LogP contribution in [0.5, 0.6) is 0 Å². The Balaban J connectivity index is 2.38. The summed E-state index contributed by atoms with van der Waals surface area (Å²) in [5.74, 6) is -0.209. The molecule has 0 fully saturated rings. The molecular formula is C11H13NO2. The molecule has 1 aromatic rings. The molecule has 0 spiro atoms. The minimum atomic E-state index is -0.209. The van der Waals surface area contributed by atoms with Crippen LogP contribution in [0, 0.1) is 0 Å². The lowest BCUT2D eigenvalue weighted by Crippen LogP contribution is -2.01. The Morgan fingerprint density at radius 2 is 2.43 bits per heavy atom. The number of carbonyl (C=O) groups is 1. The number of aromatic nitrogens is 1. The number of hydrogen-bond donors (Lipinski definition) is 0. The maximum absolute atomic E-state index is 10.9. The standard InChI is InChI=1S/C11H13NO2/c1-2-14-11(13)8-5-7-10-6-3-4-9-12-10/h3-7,9H,2,8H2,1H3. The van der Waals surface area contributed by atoms with Gasteiger partial charge < -0.3 is 4.74 Å². The van der Waals surface area contributed by atoms with Gasteiger partial charge in [0.25, 0.3) is 0 Å². The molecule has 1 rings (SSSR count). The number of pyridine rings is 1. The monoisotopic (exact) mass is 191 g/mol. The lowest BCUT2D eigenvalue weighted by Gasteiger charge is -1.96. The van der Waals surface area contributed by atoms with Crippen LogP contribution in [0.25, 0.3) is 6.08 Å². The van der Waals surface area contributed by atoms with Crippen molar-refractivity contribution in [3.05, 3.63) is 36.2 Å². The SMILES string of the molecule is CCOC(=O)CC=Cc1ccccn1. The van der Waals surface area contributed by atoms with Crippen molar-refractivity contribution in [2.75, 3.05) is 6.61 Å². The molecular weight excluding hydrogens is 178 g/mol. The number of ether oxygens (including phenoxy) is 1. The van der Waals surface area contributed by atoms with Crippen LogP contribution in [0.4, 0.5) is 0 Å². The highest BCUT2D eigenvalue weighted by atomic mass is 16.5. The topological polar surface area (TPSA) is 39.2 Å². The molecule has 0 aliphatic rings. The number of esters is 1. The fourth-order valence-electron chi connectivity index (χ4n) is 0.970. The molecule has 0 atom stereocenters. The van der Waals surface area contributed by atoms with Crippen LogP contribution in [-0.2, 0) is 9.53 Å². The quantitative estimate of drug-likeness (QED) is 0.684. The van der Waals surface area contributed by atoms with E-state index in [2.05, 4.69) is 4.98 Å². The lowest BCUT2D eigenvalue weighted by molar-refractivity contribution is -0.142. The van der Waals surface area contributed by atoms with Crippen LogP contribution in [-0.4, -0.2) is 17.6 Å². The van der Waals surface area contributed by atoms with E-state index < -0.39 is 0 Å². The summed E-state index contributed by atoms with van der Waals surface area (Å²) in [5, 5.41) is 0. The number of hydrogen-bond acceptors (Lipinski definition) is 3. The summed E-state index contributed by atoms with van der Waals surface area (Å²) in [6.45, 7) is 2.22. The van der Waals surface area contributed by atoms with Gasteiger partial charge in [-0.25, -0.2) is 0 Å². The van der Waals surface area contributed by atoms with Crippen LogP contribution in [0.3, 0.4) is 0 Å². The Morgan fingerprint density at radius 3 is 3.07 bits per heavy atom. The van der Waals surface area contributed by atoms with Gasteiger partial charge >= 0.3 is 5.97 Å². The van der Waals surface area contributed by atoms with E-state index in [0.717, 1.165) is 5.69 Å². The molecule has 0 aliphatic heterocycles. The minimum absolute atomic E-state index is 0.209. The van der Waals surface area contributed by atoms with E-state index >= 15 is 0 Å². The third-order valence-corrected chi connectivity index (χ3v) is 1.57. The first-order valence-electron chi connectivity index (χ1n) is 4.56. The predicted molar refractivity (Wildman–Crippen MR) is 54.5 cm³/mol. The summed E-state index contributed by atoms with van der Waals surface area (Å²) in [5.41, 5.74) is 0.844. The lowest BCUT2D eigenvalue weighted by atomic mass is 10.3. The number of nitrogens with zero attached hydrogens (tertiary/aromatic N) is 1. The first kappa shape index (κ1) is 10.4. The summed E-state index contributed by atoms with van der Waals surface area (Å²) in [4.78, 5) is 15.0. The zero-order chi connectivity index (χ0) is 10.2. The van der Waals surface area contributed by atoms with Gasteiger partial charge in [0, 0.05) is 6.20 Å². The van der Waals surface area contributed by atoms with Gasteiger partial charge in [-0.3, -0.25) is 9.78 Å². The van der Waals surface area contributed by atoms with E-state index in [4.69, 9.17) is 4.74 Å². The largest absolute Gasteiger partial charge is 0.466 e. The highest BCUT2D eigenvalue weighted by Gasteiger charge is 1.95. The van der Waals surface area contributed by atoms with Gasteiger partial charge in [-0.05, 0) is 25.1 Å². The molecule has 1 heterocycles. The molecule has 1 aromatic heterocycles. The van der Waals surface area contributed by atoms with Gasteiger partial charge in [-0.15, -0.1) is 0 Å². The van der Waals surface area contributed by atoms with E-state index in [1.807, 2.05) is 18.2 Å². The molecule has 0 aromatic carbocycles.